The van der Waals surface area contributed by atoms with Gasteiger partial charge in [0, 0.05) is 51.0 Å². The first-order valence-electron chi connectivity index (χ1n) is 8.68. The summed E-state index contributed by atoms with van der Waals surface area (Å²) < 4.78 is 0. The van der Waals surface area contributed by atoms with Crippen LogP contribution in [-0.4, -0.2) is 62.8 Å². The Labute approximate surface area is 165 Å². The molecular formula is C18H17N7O2S. The second-order valence-corrected chi connectivity index (χ2v) is 6.95. The van der Waals surface area contributed by atoms with E-state index in [-0.39, 0.29) is 11.6 Å². The molecule has 0 saturated carbocycles. The molecule has 142 valence electrons. The maximum atomic E-state index is 13.0. The first-order chi connectivity index (χ1) is 13.7. The standard InChI is InChI=1S/C18H17N7O2S/c26-16(14-12-19-5-6-20-14)23-13-2-11-28-15(13)17(27)24-7-9-25(10-8-24)18-21-3-1-4-22-18/h1-6,11-12H,7-10H2,(H,23,26). The number of carbonyl (C=O) groups is 2. The number of nitrogens with one attached hydrogen (secondary N) is 1. The second-order valence-electron chi connectivity index (χ2n) is 6.04. The molecule has 10 heteroatoms. The average molecular weight is 395 g/mol. The third kappa shape index (κ3) is 3.81. The lowest BCUT2D eigenvalue weighted by Crippen LogP contribution is -2.49. The molecule has 1 fully saturated rings. The van der Waals surface area contributed by atoms with Gasteiger partial charge in [-0.1, -0.05) is 0 Å². The van der Waals surface area contributed by atoms with Crippen LogP contribution in [0.3, 0.4) is 0 Å². The van der Waals surface area contributed by atoms with Gasteiger partial charge in [-0.3, -0.25) is 14.6 Å². The van der Waals surface area contributed by atoms with E-state index in [0.717, 1.165) is 0 Å². The third-order valence-corrected chi connectivity index (χ3v) is 5.21. The van der Waals surface area contributed by atoms with Gasteiger partial charge >= 0.3 is 0 Å². The first kappa shape index (κ1) is 18.0. The maximum absolute atomic E-state index is 13.0. The molecule has 0 aliphatic carbocycles. The van der Waals surface area contributed by atoms with Crippen LogP contribution in [0.5, 0.6) is 0 Å². The highest BCUT2D eigenvalue weighted by Gasteiger charge is 2.26. The van der Waals surface area contributed by atoms with Crippen LogP contribution in [0.2, 0.25) is 0 Å². The monoisotopic (exact) mass is 395 g/mol. The zero-order valence-electron chi connectivity index (χ0n) is 14.9. The lowest BCUT2D eigenvalue weighted by atomic mass is 10.2. The van der Waals surface area contributed by atoms with Crippen molar-refractivity contribution in [1.29, 1.82) is 0 Å². The molecule has 1 N–H and O–H groups in total. The van der Waals surface area contributed by atoms with E-state index in [2.05, 4.69) is 30.2 Å². The molecule has 0 radical (unpaired) electrons. The van der Waals surface area contributed by atoms with Gasteiger partial charge in [-0.25, -0.2) is 15.0 Å². The van der Waals surface area contributed by atoms with Crippen LogP contribution in [0.15, 0.2) is 48.5 Å². The van der Waals surface area contributed by atoms with Crippen LogP contribution in [0.25, 0.3) is 0 Å². The number of aromatic nitrogens is 4. The van der Waals surface area contributed by atoms with Crippen molar-refractivity contribution >= 4 is 34.8 Å². The number of carbonyl (C=O) groups excluding carboxylic acids is 2. The van der Waals surface area contributed by atoms with Crippen molar-refractivity contribution in [2.75, 3.05) is 36.4 Å². The van der Waals surface area contributed by atoms with Crippen LogP contribution >= 0.6 is 11.3 Å². The molecule has 4 rings (SSSR count). The van der Waals surface area contributed by atoms with Crippen LogP contribution in [0, 0.1) is 0 Å². The van der Waals surface area contributed by atoms with Gasteiger partial charge in [-0.15, -0.1) is 11.3 Å². The molecule has 0 bridgehead atoms. The number of hydrogen-bond acceptors (Lipinski definition) is 8. The number of anilines is 2. The van der Waals surface area contributed by atoms with Gasteiger partial charge in [0.05, 0.1) is 11.9 Å². The first-order valence-corrected chi connectivity index (χ1v) is 9.56. The number of hydrogen-bond donors (Lipinski definition) is 1. The van der Waals surface area contributed by atoms with Gasteiger partial charge in [0.2, 0.25) is 5.95 Å². The summed E-state index contributed by atoms with van der Waals surface area (Å²) in [6.07, 6.45) is 7.74. The zero-order chi connectivity index (χ0) is 19.3. The van der Waals surface area contributed by atoms with Crippen molar-refractivity contribution in [3.8, 4) is 0 Å². The fourth-order valence-corrected chi connectivity index (χ4v) is 3.70. The highest BCUT2D eigenvalue weighted by atomic mass is 32.1. The lowest BCUT2D eigenvalue weighted by molar-refractivity contribution is 0.0752. The zero-order valence-corrected chi connectivity index (χ0v) is 15.7. The van der Waals surface area contributed by atoms with Crippen molar-refractivity contribution in [2.45, 2.75) is 0 Å². The molecule has 0 aromatic carbocycles. The largest absolute Gasteiger partial charge is 0.337 e. The normalized spacial score (nSPS) is 14.0. The number of rotatable bonds is 4. The van der Waals surface area contributed by atoms with E-state index in [1.54, 1.807) is 34.8 Å². The molecule has 3 aromatic rings. The Balaban J connectivity index is 1.41. The van der Waals surface area contributed by atoms with Crippen molar-refractivity contribution in [1.82, 2.24) is 24.8 Å². The molecular weight excluding hydrogens is 378 g/mol. The molecule has 1 aliphatic heterocycles. The topological polar surface area (TPSA) is 104 Å². The Morgan fingerprint density at radius 1 is 1.00 bits per heavy atom. The van der Waals surface area contributed by atoms with Gasteiger partial charge in [-0.2, -0.15) is 0 Å². The van der Waals surface area contributed by atoms with E-state index in [4.69, 9.17) is 0 Å². The van der Waals surface area contributed by atoms with E-state index >= 15 is 0 Å². The summed E-state index contributed by atoms with van der Waals surface area (Å²) in [7, 11) is 0. The predicted molar refractivity (Wildman–Crippen MR) is 104 cm³/mol. The summed E-state index contributed by atoms with van der Waals surface area (Å²) in [6.45, 7) is 2.43. The van der Waals surface area contributed by atoms with Gasteiger partial charge in [0.25, 0.3) is 11.8 Å². The molecule has 2 amide bonds. The van der Waals surface area contributed by atoms with Crippen molar-refractivity contribution in [3.05, 3.63) is 59.1 Å². The summed E-state index contributed by atoms with van der Waals surface area (Å²) in [5, 5.41) is 4.54. The Bertz CT molecular complexity index is 956. The van der Waals surface area contributed by atoms with E-state index in [1.165, 1.54) is 29.9 Å². The average Bonchev–Trinajstić information content (AvgIpc) is 3.22. The minimum atomic E-state index is -0.397. The van der Waals surface area contributed by atoms with E-state index in [9.17, 15) is 9.59 Å². The molecule has 1 aliphatic rings. The molecule has 0 spiro atoms. The number of piperazine rings is 1. The fourth-order valence-electron chi connectivity index (χ4n) is 2.88. The molecule has 4 heterocycles. The Hall–Kier alpha value is -3.40. The number of amides is 2. The van der Waals surface area contributed by atoms with E-state index in [1.807, 2.05) is 0 Å². The maximum Gasteiger partial charge on any atom is 0.275 e. The van der Waals surface area contributed by atoms with Crippen LogP contribution in [-0.2, 0) is 0 Å². The Morgan fingerprint density at radius 2 is 1.79 bits per heavy atom. The smallest absolute Gasteiger partial charge is 0.275 e. The summed E-state index contributed by atoms with van der Waals surface area (Å²) >= 11 is 1.31. The lowest BCUT2D eigenvalue weighted by Gasteiger charge is -2.34. The summed E-state index contributed by atoms with van der Waals surface area (Å²) in [4.78, 5) is 46.0. The van der Waals surface area contributed by atoms with Gasteiger partial charge in [0.15, 0.2) is 0 Å². The predicted octanol–water partition coefficient (Wildman–Crippen LogP) is 1.54. The van der Waals surface area contributed by atoms with Crippen LogP contribution < -0.4 is 10.2 Å². The highest BCUT2D eigenvalue weighted by Crippen LogP contribution is 2.25. The Kier molecular flexibility index (Phi) is 5.20. The molecule has 28 heavy (non-hydrogen) atoms. The minimum Gasteiger partial charge on any atom is -0.337 e. The third-order valence-electron chi connectivity index (χ3n) is 4.31. The quantitative estimate of drug-likeness (QED) is 0.714. The fraction of sp³-hybridized carbons (Fsp3) is 0.222. The van der Waals surface area contributed by atoms with Crippen LogP contribution in [0.1, 0.15) is 20.2 Å². The summed E-state index contributed by atoms with van der Waals surface area (Å²) in [5.41, 5.74) is 0.683. The SMILES string of the molecule is O=C(Nc1ccsc1C(=O)N1CCN(c2ncccn2)CC1)c1cnccn1. The Morgan fingerprint density at radius 3 is 2.50 bits per heavy atom. The number of nitrogens with zero attached hydrogens (tertiary/aromatic N) is 6. The molecule has 0 unspecified atom stereocenters. The number of thiophene rings is 1. The highest BCUT2D eigenvalue weighted by molar-refractivity contribution is 7.12. The van der Waals surface area contributed by atoms with Crippen molar-refractivity contribution in [3.63, 3.8) is 0 Å². The molecule has 9 nitrogen and oxygen atoms in total. The van der Waals surface area contributed by atoms with E-state index in [0.29, 0.717) is 42.7 Å². The van der Waals surface area contributed by atoms with Gasteiger partial charge < -0.3 is 15.1 Å². The molecule has 3 aromatic heterocycles. The van der Waals surface area contributed by atoms with E-state index < -0.39 is 5.91 Å². The summed E-state index contributed by atoms with van der Waals surface area (Å²) in [6, 6.07) is 3.50. The van der Waals surface area contributed by atoms with Gasteiger partial charge in [-0.05, 0) is 17.5 Å². The second kappa shape index (κ2) is 8.09. The summed E-state index contributed by atoms with van der Waals surface area (Å²) in [5.74, 6) is 0.173. The molecule has 1 saturated heterocycles. The van der Waals surface area contributed by atoms with Gasteiger partial charge in [0.1, 0.15) is 10.6 Å². The van der Waals surface area contributed by atoms with Crippen molar-refractivity contribution < 1.29 is 9.59 Å². The van der Waals surface area contributed by atoms with Crippen molar-refractivity contribution in [2.24, 2.45) is 0 Å². The van der Waals surface area contributed by atoms with Crippen LogP contribution in [0.4, 0.5) is 11.6 Å². The molecule has 0 atom stereocenters. The minimum absolute atomic E-state index is 0.0990.